The van der Waals surface area contributed by atoms with Gasteiger partial charge in [0, 0.05) is 15.5 Å². The minimum Gasteiger partial charge on any atom is -0.377 e. The van der Waals surface area contributed by atoms with Gasteiger partial charge in [0.1, 0.15) is 0 Å². The molecule has 1 heterocycles. The van der Waals surface area contributed by atoms with E-state index < -0.39 is 0 Å². The van der Waals surface area contributed by atoms with Gasteiger partial charge in [0.25, 0.3) is 0 Å². The Morgan fingerprint density at radius 3 is 3.10 bits per heavy atom. The average molecular weight is 339 g/mol. The molecule has 0 spiro atoms. The molecule has 1 aromatic carbocycles. The monoisotopic (exact) mass is 338 g/mol. The number of hydrogen-bond donors (Lipinski definition) is 2. The van der Waals surface area contributed by atoms with E-state index in [1.807, 2.05) is 24.3 Å². The summed E-state index contributed by atoms with van der Waals surface area (Å²) in [6, 6.07) is 10.4. The lowest BCUT2D eigenvalue weighted by Gasteiger charge is -2.17. The molecule has 0 bridgehead atoms. The fraction of sp³-hybridized carbons (Fsp3) is 0.267. The van der Waals surface area contributed by atoms with E-state index in [0.29, 0.717) is 11.8 Å². The number of primary amides is 1. The molecule has 0 saturated carbocycles. The zero-order valence-electron chi connectivity index (χ0n) is 11.3. The van der Waals surface area contributed by atoms with Gasteiger partial charge in [-0.1, -0.05) is 23.7 Å². The van der Waals surface area contributed by atoms with Gasteiger partial charge in [0.15, 0.2) is 0 Å². The predicted octanol–water partition coefficient (Wildman–Crippen LogP) is 4.08. The maximum Gasteiger partial charge on any atom is 0.227 e. The van der Waals surface area contributed by atoms with E-state index in [4.69, 9.17) is 17.3 Å². The van der Waals surface area contributed by atoms with Crippen LogP contribution < -0.4 is 11.1 Å². The van der Waals surface area contributed by atoms with Crippen LogP contribution in [-0.2, 0) is 11.2 Å². The number of thiophene rings is 1. The van der Waals surface area contributed by atoms with Crippen molar-refractivity contribution in [2.45, 2.75) is 23.8 Å². The number of benzene rings is 1. The summed E-state index contributed by atoms with van der Waals surface area (Å²) >= 11 is 9.23. The second-order valence-corrected chi connectivity index (χ2v) is 7.70. The first-order valence-electron chi connectivity index (χ1n) is 6.68. The van der Waals surface area contributed by atoms with E-state index in [1.165, 1.54) is 22.2 Å². The summed E-state index contributed by atoms with van der Waals surface area (Å²) in [5, 5.41) is 3.58. The first kappa shape index (κ1) is 14.8. The van der Waals surface area contributed by atoms with E-state index in [1.54, 1.807) is 11.3 Å². The first-order valence-corrected chi connectivity index (χ1v) is 8.86. The summed E-state index contributed by atoms with van der Waals surface area (Å²) in [6.07, 6.45) is 2.15. The second-order valence-electron chi connectivity index (χ2n) is 4.92. The van der Waals surface area contributed by atoms with Crippen LogP contribution in [0.25, 0.3) is 0 Å². The molecule has 3 N–H and O–H groups in total. The highest BCUT2D eigenvalue weighted by atomic mass is 35.5. The highest BCUT2D eigenvalue weighted by molar-refractivity contribution is 8.00. The van der Waals surface area contributed by atoms with Gasteiger partial charge in [-0.2, -0.15) is 0 Å². The Morgan fingerprint density at radius 2 is 2.29 bits per heavy atom. The third-order valence-corrected chi connectivity index (χ3v) is 5.87. The largest absolute Gasteiger partial charge is 0.377 e. The van der Waals surface area contributed by atoms with Gasteiger partial charge < -0.3 is 11.1 Å². The van der Waals surface area contributed by atoms with Crippen molar-refractivity contribution in [2.24, 2.45) is 5.73 Å². The zero-order chi connectivity index (χ0) is 14.8. The Balaban J connectivity index is 1.78. The van der Waals surface area contributed by atoms with E-state index in [2.05, 4.69) is 11.4 Å². The number of para-hydroxylation sites is 1. The average Bonchev–Trinajstić information content (AvgIpc) is 2.98. The van der Waals surface area contributed by atoms with Crippen molar-refractivity contribution in [3.8, 4) is 0 Å². The molecule has 21 heavy (non-hydrogen) atoms. The number of anilines is 1. The number of nitrogens with one attached hydrogen (secondary N) is 1. The van der Waals surface area contributed by atoms with Gasteiger partial charge in [0.05, 0.1) is 16.1 Å². The van der Waals surface area contributed by atoms with Gasteiger partial charge in [0.2, 0.25) is 5.91 Å². The summed E-state index contributed by atoms with van der Waals surface area (Å²) in [4.78, 5) is 13.4. The maximum atomic E-state index is 11.0. The van der Waals surface area contributed by atoms with Gasteiger partial charge in [-0.05, 0) is 36.6 Å². The number of carbonyl (C=O) groups excluding carboxylic acids is 1. The van der Waals surface area contributed by atoms with Crippen molar-refractivity contribution in [3.05, 3.63) is 45.1 Å². The SMILES string of the molecule is NC(=O)CSc1ccccc1NC1CCc2sc(Cl)cc21. The Labute approximate surface area is 136 Å². The number of halogens is 1. The normalized spacial score (nSPS) is 16.7. The summed E-state index contributed by atoms with van der Waals surface area (Å²) in [7, 11) is 0. The van der Waals surface area contributed by atoms with E-state index >= 15 is 0 Å². The second kappa shape index (κ2) is 6.30. The van der Waals surface area contributed by atoms with Crippen LogP contribution in [0.1, 0.15) is 22.9 Å². The predicted molar refractivity (Wildman–Crippen MR) is 90.4 cm³/mol. The topological polar surface area (TPSA) is 55.1 Å². The zero-order valence-corrected chi connectivity index (χ0v) is 13.7. The molecule has 2 aromatic rings. The molecule has 1 atom stereocenters. The summed E-state index contributed by atoms with van der Waals surface area (Å²) in [5.41, 5.74) is 7.58. The Kier molecular flexibility index (Phi) is 4.42. The maximum absolute atomic E-state index is 11.0. The van der Waals surface area contributed by atoms with Crippen LogP contribution in [0.4, 0.5) is 5.69 Å². The number of amides is 1. The molecule has 3 nitrogen and oxygen atoms in total. The highest BCUT2D eigenvalue weighted by Crippen LogP contribution is 2.42. The minimum atomic E-state index is -0.303. The molecule has 1 amide bonds. The summed E-state index contributed by atoms with van der Waals surface area (Å²) in [5.74, 6) is -0.0126. The van der Waals surface area contributed by atoms with Crippen molar-refractivity contribution in [1.29, 1.82) is 0 Å². The molecular formula is C15H15ClN2OS2. The van der Waals surface area contributed by atoms with Crippen LogP contribution in [0.5, 0.6) is 0 Å². The number of thioether (sulfide) groups is 1. The van der Waals surface area contributed by atoms with Crippen molar-refractivity contribution < 1.29 is 4.79 Å². The smallest absolute Gasteiger partial charge is 0.227 e. The van der Waals surface area contributed by atoms with Crippen molar-refractivity contribution in [2.75, 3.05) is 11.1 Å². The van der Waals surface area contributed by atoms with Crippen molar-refractivity contribution in [3.63, 3.8) is 0 Å². The van der Waals surface area contributed by atoms with Gasteiger partial charge in [-0.15, -0.1) is 23.1 Å². The molecule has 1 aliphatic rings. The summed E-state index contributed by atoms with van der Waals surface area (Å²) < 4.78 is 0.850. The Bertz CT molecular complexity index is 671. The number of rotatable bonds is 5. The molecular weight excluding hydrogens is 324 g/mol. The molecule has 0 radical (unpaired) electrons. The fourth-order valence-electron chi connectivity index (χ4n) is 2.53. The number of hydrogen-bond acceptors (Lipinski definition) is 4. The van der Waals surface area contributed by atoms with Gasteiger partial charge >= 0.3 is 0 Å². The molecule has 1 aromatic heterocycles. The lowest BCUT2D eigenvalue weighted by Crippen LogP contribution is -2.13. The number of nitrogens with two attached hydrogens (primary N) is 1. The third-order valence-electron chi connectivity index (χ3n) is 3.43. The molecule has 0 saturated heterocycles. The fourth-order valence-corrected chi connectivity index (χ4v) is 4.64. The molecule has 110 valence electrons. The molecule has 0 fully saturated rings. The van der Waals surface area contributed by atoms with E-state index in [0.717, 1.165) is 27.8 Å². The molecule has 6 heteroatoms. The van der Waals surface area contributed by atoms with Crippen molar-refractivity contribution >= 4 is 46.3 Å². The Hall–Kier alpha value is -1.17. The minimum absolute atomic E-state index is 0.291. The molecule has 3 rings (SSSR count). The summed E-state index contributed by atoms with van der Waals surface area (Å²) in [6.45, 7) is 0. The lowest BCUT2D eigenvalue weighted by molar-refractivity contribution is -0.115. The number of carbonyl (C=O) groups is 1. The molecule has 1 aliphatic carbocycles. The van der Waals surface area contributed by atoms with Crippen LogP contribution in [-0.4, -0.2) is 11.7 Å². The van der Waals surface area contributed by atoms with Crippen LogP contribution in [0.3, 0.4) is 0 Å². The third kappa shape index (κ3) is 3.36. The van der Waals surface area contributed by atoms with Crippen molar-refractivity contribution in [1.82, 2.24) is 0 Å². The van der Waals surface area contributed by atoms with Gasteiger partial charge in [-0.25, -0.2) is 0 Å². The molecule has 1 unspecified atom stereocenters. The van der Waals surface area contributed by atoms with Crippen LogP contribution in [0.2, 0.25) is 4.34 Å². The van der Waals surface area contributed by atoms with Gasteiger partial charge in [-0.3, -0.25) is 4.79 Å². The highest BCUT2D eigenvalue weighted by Gasteiger charge is 2.25. The van der Waals surface area contributed by atoms with E-state index in [-0.39, 0.29) is 5.91 Å². The Morgan fingerprint density at radius 1 is 1.48 bits per heavy atom. The van der Waals surface area contributed by atoms with Crippen LogP contribution in [0.15, 0.2) is 35.2 Å². The van der Waals surface area contributed by atoms with E-state index in [9.17, 15) is 4.79 Å². The standard InChI is InChI=1S/C15H15ClN2OS2/c16-14-7-9-10(5-6-12(9)21-14)18-11-3-1-2-4-13(11)20-8-15(17)19/h1-4,7,10,18H,5-6,8H2,(H2,17,19). The first-order chi connectivity index (χ1) is 10.1. The lowest BCUT2D eigenvalue weighted by atomic mass is 10.1. The number of fused-ring (bicyclic) bond motifs is 1. The van der Waals surface area contributed by atoms with Crippen LogP contribution in [0, 0.1) is 0 Å². The number of aryl methyl sites for hydroxylation is 1. The van der Waals surface area contributed by atoms with Crippen LogP contribution >= 0.6 is 34.7 Å². The molecule has 0 aliphatic heterocycles. The quantitative estimate of drug-likeness (QED) is 0.808.